The standard InChI is InChI=1S/C17H23N3O2/c1-22-17(21)14-11-20(9-7-15(14)18)8-6-12-10-19-16-5-3-2-4-13(12)16/h2-5,10,14-15,19H,6-9,11,18H2,1H3/t14-,15+/m1/s1. The van der Waals surface area contributed by atoms with E-state index in [4.69, 9.17) is 10.5 Å². The molecule has 1 aromatic carbocycles. The van der Waals surface area contributed by atoms with Crippen molar-refractivity contribution in [3.05, 3.63) is 36.0 Å². The molecular formula is C17H23N3O2. The lowest BCUT2D eigenvalue weighted by molar-refractivity contribution is -0.148. The number of nitrogens with one attached hydrogen (secondary N) is 1. The Bertz CT molecular complexity index is 652. The number of methoxy groups -OCH3 is 1. The van der Waals surface area contributed by atoms with Gasteiger partial charge < -0.3 is 20.4 Å². The highest BCUT2D eigenvalue weighted by Gasteiger charge is 2.32. The van der Waals surface area contributed by atoms with Crippen LogP contribution >= 0.6 is 0 Å². The van der Waals surface area contributed by atoms with Crippen molar-refractivity contribution in [1.29, 1.82) is 0 Å². The summed E-state index contributed by atoms with van der Waals surface area (Å²) in [5.41, 5.74) is 8.54. The molecule has 1 aromatic heterocycles. The van der Waals surface area contributed by atoms with Crippen LogP contribution in [0.2, 0.25) is 0 Å². The van der Waals surface area contributed by atoms with E-state index in [2.05, 4.69) is 34.3 Å². The molecule has 22 heavy (non-hydrogen) atoms. The fraction of sp³-hybridized carbons (Fsp3) is 0.471. The second-order valence-corrected chi connectivity index (χ2v) is 5.99. The second-order valence-electron chi connectivity index (χ2n) is 5.99. The van der Waals surface area contributed by atoms with Crippen LogP contribution in [0.3, 0.4) is 0 Å². The van der Waals surface area contributed by atoms with Crippen LogP contribution in [0, 0.1) is 5.92 Å². The van der Waals surface area contributed by atoms with Gasteiger partial charge in [-0.25, -0.2) is 0 Å². The summed E-state index contributed by atoms with van der Waals surface area (Å²) in [5.74, 6) is -0.397. The molecule has 0 spiro atoms. The lowest BCUT2D eigenvalue weighted by Crippen LogP contribution is -2.50. The van der Waals surface area contributed by atoms with Crippen molar-refractivity contribution in [1.82, 2.24) is 9.88 Å². The molecule has 5 heteroatoms. The first-order valence-corrected chi connectivity index (χ1v) is 7.80. The summed E-state index contributed by atoms with van der Waals surface area (Å²) >= 11 is 0. The molecule has 2 heterocycles. The predicted octanol–water partition coefficient (Wildman–Crippen LogP) is 1.53. The minimum absolute atomic E-state index is 0.0863. The predicted molar refractivity (Wildman–Crippen MR) is 86.5 cm³/mol. The van der Waals surface area contributed by atoms with Crippen LogP contribution in [0.25, 0.3) is 10.9 Å². The van der Waals surface area contributed by atoms with Crippen molar-refractivity contribution in [2.24, 2.45) is 11.7 Å². The number of carbonyl (C=O) groups is 1. The molecular weight excluding hydrogens is 278 g/mol. The van der Waals surface area contributed by atoms with E-state index in [1.54, 1.807) is 0 Å². The summed E-state index contributed by atoms with van der Waals surface area (Å²) < 4.78 is 4.87. The molecule has 0 amide bonds. The quantitative estimate of drug-likeness (QED) is 0.840. The zero-order valence-corrected chi connectivity index (χ0v) is 12.9. The maximum absolute atomic E-state index is 11.8. The van der Waals surface area contributed by atoms with Crippen LogP contribution in [-0.2, 0) is 16.0 Å². The molecule has 1 saturated heterocycles. The molecule has 1 aliphatic rings. The number of para-hydroxylation sites is 1. The summed E-state index contributed by atoms with van der Waals surface area (Å²) in [6.07, 6.45) is 3.89. The summed E-state index contributed by atoms with van der Waals surface area (Å²) in [6.45, 7) is 2.56. The Kier molecular flexibility index (Phi) is 4.45. The van der Waals surface area contributed by atoms with E-state index in [9.17, 15) is 4.79 Å². The van der Waals surface area contributed by atoms with Gasteiger partial charge >= 0.3 is 5.97 Å². The molecule has 0 radical (unpaired) electrons. The Balaban J connectivity index is 1.63. The number of ether oxygens (including phenoxy) is 1. The van der Waals surface area contributed by atoms with E-state index >= 15 is 0 Å². The topological polar surface area (TPSA) is 71.3 Å². The van der Waals surface area contributed by atoms with Gasteiger partial charge in [0, 0.05) is 36.2 Å². The minimum atomic E-state index is -0.207. The largest absolute Gasteiger partial charge is 0.469 e. The number of aromatic amines is 1. The molecule has 0 unspecified atom stereocenters. The van der Waals surface area contributed by atoms with Gasteiger partial charge in [0.15, 0.2) is 0 Å². The average Bonchev–Trinajstić information content (AvgIpc) is 2.96. The molecule has 3 N–H and O–H groups in total. The van der Waals surface area contributed by atoms with E-state index in [1.807, 2.05) is 6.07 Å². The molecule has 2 atom stereocenters. The van der Waals surface area contributed by atoms with Crippen molar-refractivity contribution >= 4 is 16.9 Å². The van der Waals surface area contributed by atoms with Crippen LogP contribution in [-0.4, -0.2) is 48.6 Å². The van der Waals surface area contributed by atoms with E-state index in [-0.39, 0.29) is 17.9 Å². The first-order valence-electron chi connectivity index (χ1n) is 7.80. The van der Waals surface area contributed by atoms with E-state index in [0.29, 0.717) is 6.54 Å². The molecule has 0 aliphatic carbocycles. The number of nitrogens with two attached hydrogens (primary N) is 1. The van der Waals surface area contributed by atoms with Crippen molar-refractivity contribution in [3.63, 3.8) is 0 Å². The van der Waals surface area contributed by atoms with Crippen LogP contribution in [0.4, 0.5) is 0 Å². The summed E-state index contributed by atoms with van der Waals surface area (Å²) in [6, 6.07) is 8.25. The van der Waals surface area contributed by atoms with E-state index in [1.165, 1.54) is 23.6 Å². The van der Waals surface area contributed by atoms with Gasteiger partial charge in [-0.2, -0.15) is 0 Å². The van der Waals surface area contributed by atoms with Gasteiger partial charge in [-0.3, -0.25) is 4.79 Å². The fourth-order valence-electron chi connectivity index (χ4n) is 3.26. The molecule has 1 fully saturated rings. The first-order chi connectivity index (χ1) is 10.7. The van der Waals surface area contributed by atoms with Crippen molar-refractivity contribution in [2.45, 2.75) is 18.9 Å². The van der Waals surface area contributed by atoms with E-state index < -0.39 is 0 Å². The number of H-pyrrole nitrogens is 1. The second kappa shape index (κ2) is 6.50. The normalized spacial score (nSPS) is 22.8. The lowest BCUT2D eigenvalue weighted by atomic mass is 9.92. The van der Waals surface area contributed by atoms with Gasteiger partial charge in [0.05, 0.1) is 13.0 Å². The zero-order chi connectivity index (χ0) is 15.5. The highest BCUT2D eigenvalue weighted by Crippen LogP contribution is 2.21. The van der Waals surface area contributed by atoms with Crippen LogP contribution in [0.5, 0.6) is 0 Å². The van der Waals surface area contributed by atoms with Crippen molar-refractivity contribution in [3.8, 4) is 0 Å². The number of carbonyl (C=O) groups excluding carboxylic acids is 1. The average molecular weight is 301 g/mol. The Morgan fingerprint density at radius 3 is 3.09 bits per heavy atom. The van der Waals surface area contributed by atoms with Gasteiger partial charge in [0.1, 0.15) is 0 Å². The Labute approximate surface area is 130 Å². The number of aromatic nitrogens is 1. The monoisotopic (exact) mass is 301 g/mol. The highest BCUT2D eigenvalue weighted by molar-refractivity contribution is 5.83. The molecule has 118 valence electrons. The summed E-state index contributed by atoms with van der Waals surface area (Å²) in [7, 11) is 1.43. The van der Waals surface area contributed by atoms with Gasteiger partial charge in [0.25, 0.3) is 0 Å². The zero-order valence-electron chi connectivity index (χ0n) is 12.9. The molecule has 2 aromatic rings. The number of nitrogens with zero attached hydrogens (tertiary/aromatic N) is 1. The number of hydrogen-bond donors (Lipinski definition) is 2. The van der Waals surface area contributed by atoms with Crippen molar-refractivity contribution in [2.75, 3.05) is 26.7 Å². The first kappa shape index (κ1) is 15.1. The number of likely N-dealkylation sites (tertiary alicyclic amines) is 1. The maximum Gasteiger partial charge on any atom is 0.311 e. The number of hydrogen-bond acceptors (Lipinski definition) is 4. The third-order valence-corrected chi connectivity index (χ3v) is 4.63. The number of piperidine rings is 1. The molecule has 0 bridgehead atoms. The van der Waals surface area contributed by atoms with Crippen LogP contribution < -0.4 is 5.73 Å². The molecule has 5 nitrogen and oxygen atoms in total. The summed E-state index contributed by atoms with van der Waals surface area (Å²) in [4.78, 5) is 17.4. The van der Waals surface area contributed by atoms with Gasteiger partial charge in [-0.05, 0) is 31.0 Å². The Morgan fingerprint density at radius 1 is 1.45 bits per heavy atom. The molecule has 0 saturated carbocycles. The fourth-order valence-corrected chi connectivity index (χ4v) is 3.26. The maximum atomic E-state index is 11.8. The van der Waals surface area contributed by atoms with Crippen LogP contribution in [0.1, 0.15) is 12.0 Å². The SMILES string of the molecule is COC(=O)[C@@H]1CN(CCc2c[nH]c3ccccc23)CC[C@@H]1N. The number of esters is 1. The third-order valence-electron chi connectivity index (χ3n) is 4.63. The third kappa shape index (κ3) is 3.00. The Morgan fingerprint density at radius 2 is 2.27 bits per heavy atom. The van der Waals surface area contributed by atoms with Gasteiger partial charge in [-0.15, -0.1) is 0 Å². The summed E-state index contributed by atoms with van der Waals surface area (Å²) in [5, 5.41) is 1.28. The van der Waals surface area contributed by atoms with E-state index in [0.717, 1.165) is 25.9 Å². The number of fused-ring (bicyclic) bond motifs is 1. The minimum Gasteiger partial charge on any atom is -0.469 e. The Hall–Kier alpha value is -1.85. The number of rotatable bonds is 4. The van der Waals surface area contributed by atoms with Gasteiger partial charge in [-0.1, -0.05) is 18.2 Å². The molecule has 1 aliphatic heterocycles. The number of benzene rings is 1. The van der Waals surface area contributed by atoms with Crippen LogP contribution in [0.15, 0.2) is 30.5 Å². The lowest BCUT2D eigenvalue weighted by Gasteiger charge is -2.35. The van der Waals surface area contributed by atoms with Crippen molar-refractivity contribution < 1.29 is 9.53 Å². The smallest absolute Gasteiger partial charge is 0.311 e. The van der Waals surface area contributed by atoms with Gasteiger partial charge in [0.2, 0.25) is 0 Å². The highest BCUT2D eigenvalue weighted by atomic mass is 16.5. The molecule has 3 rings (SSSR count).